The molecule has 0 aliphatic rings. The molecule has 0 aliphatic carbocycles. The first kappa shape index (κ1) is 23.6. The summed E-state index contributed by atoms with van der Waals surface area (Å²) in [4.78, 5) is 0. The van der Waals surface area contributed by atoms with Crippen LogP contribution in [0.1, 0.15) is 25.0 Å². The summed E-state index contributed by atoms with van der Waals surface area (Å²) in [6.07, 6.45) is 1.15. The molecule has 0 heterocycles. The standard InChI is InChI=1S/C22H29NO6S/c1-6-28-21-13-18(10-8-17(21)14-26-3)23-19(15-30(5,24)25)16-9-11-20(27-4)22(12-16)29-7-2/h8-13,15,23H,6-7,14H2,1-5H3. The third-order valence-corrected chi connectivity index (χ3v) is 4.72. The highest BCUT2D eigenvalue weighted by molar-refractivity contribution is 7.93. The number of benzene rings is 2. The molecule has 0 amide bonds. The maximum atomic E-state index is 12.0. The van der Waals surface area contributed by atoms with Crippen molar-refractivity contribution < 1.29 is 27.4 Å². The maximum absolute atomic E-state index is 12.0. The zero-order chi connectivity index (χ0) is 22.1. The van der Waals surface area contributed by atoms with E-state index in [1.165, 1.54) is 5.41 Å². The average molecular weight is 436 g/mol. The lowest BCUT2D eigenvalue weighted by atomic mass is 10.1. The minimum absolute atomic E-state index is 0.406. The summed E-state index contributed by atoms with van der Waals surface area (Å²) in [6.45, 7) is 5.14. The Labute approximate surface area is 178 Å². The Bertz CT molecular complexity index is 985. The van der Waals surface area contributed by atoms with Gasteiger partial charge in [0.2, 0.25) is 0 Å². The van der Waals surface area contributed by atoms with Crippen LogP contribution in [0.3, 0.4) is 0 Å². The van der Waals surface area contributed by atoms with Crippen molar-refractivity contribution in [2.24, 2.45) is 0 Å². The Morgan fingerprint density at radius 2 is 1.67 bits per heavy atom. The summed E-state index contributed by atoms with van der Waals surface area (Å²) in [5, 5.41) is 4.38. The van der Waals surface area contributed by atoms with Gasteiger partial charge in [0.25, 0.3) is 0 Å². The molecule has 2 rings (SSSR count). The Morgan fingerprint density at radius 1 is 0.967 bits per heavy atom. The van der Waals surface area contributed by atoms with E-state index in [9.17, 15) is 8.42 Å². The van der Waals surface area contributed by atoms with E-state index >= 15 is 0 Å². The molecule has 7 nitrogen and oxygen atoms in total. The van der Waals surface area contributed by atoms with Crippen LogP contribution in [-0.2, 0) is 21.2 Å². The fourth-order valence-corrected chi connectivity index (χ4v) is 3.47. The largest absolute Gasteiger partial charge is 0.493 e. The SMILES string of the molecule is CCOc1cc(NC(=CS(C)(=O)=O)c2ccc(OC)c(OCC)c2)ccc1COC. The minimum Gasteiger partial charge on any atom is -0.493 e. The molecule has 2 aromatic carbocycles. The quantitative estimate of drug-likeness (QED) is 0.569. The molecule has 164 valence electrons. The van der Waals surface area contributed by atoms with Gasteiger partial charge >= 0.3 is 0 Å². The number of anilines is 1. The van der Waals surface area contributed by atoms with E-state index in [-0.39, 0.29) is 0 Å². The van der Waals surface area contributed by atoms with Gasteiger partial charge < -0.3 is 24.3 Å². The molecule has 0 aromatic heterocycles. The van der Waals surface area contributed by atoms with Crippen molar-refractivity contribution in [3.63, 3.8) is 0 Å². The molecule has 1 N–H and O–H groups in total. The first-order valence-corrected chi connectivity index (χ1v) is 11.5. The van der Waals surface area contributed by atoms with E-state index in [4.69, 9.17) is 18.9 Å². The first-order valence-electron chi connectivity index (χ1n) is 9.55. The van der Waals surface area contributed by atoms with Gasteiger partial charge in [0.15, 0.2) is 21.3 Å². The van der Waals surface area contributed by atoms with Crippen LogP contribution in [0.4, 0.5) is 5.69 Å². The van der Waals surface area contributed by atoms with Crippen molar-refractivity contribution in [1.82, 2.24) is 0 Å². The van der Waals surface area contributed by atoms with Crippen LogP contribution in [0.25, 0.3) is 5.70 Å². The van der Waals surface area contributed by atoms with Gasteiger partial charge in [-0.05, 0) is 38.1 Å². The monoisotopic (exact) mass is 435 g/mol. The van der Waals surface area contributed by atoms with Crippen molar-refractivity contribution in [2.45, 2.75) is 20.5 Å². The molecule has 2 aromatic rings. The molecular weight excluding hydrogens is 406 g/mol. The number of hydrogen-bond donors (Lipinski definition) is 1. The van der Waals surface area contributed by atoms with E-state index < -0.39 is 9.84 Å². The van der Waals surface area contributed by atoms with Crippen molar-refractivity contribution in [2.75, 3.05) is 39.0 Å². The summed E-state index contributed by atoms with van der Waals surface area (Å²) in [5.41, 5.74) is 2.63. The molecule has 0 atom stereocenters. The van der Waals surface area contributed by atoms with Crippen molar-refractivity contribution in [1.29, 1.82) is 0 Å². The smallest absolute Gasteiger partial charge is 0.170 e. The Kier molecular flexibility index (Phi) is 8.56. The van der Waals surface area contributed by atoms with Crippen LogP contribution in [0.2, 0.25) is 0 Å². The molecular formula is C22H29NO6S. The normalized spacial score (nSPS) is 11.8. The highest BCUT2D eigenvalue weighted by atomic mass is 32.2. The van der Waals surface area contributed by atoms with E-state index in [1.54, 1.807) is 32.4 Å². The number of sulfone groups is 1. The lowest BCUT2D eigenvalue weighted by Crippen LogP contribution is -2.05. The lowest BCUT2D eigenvalue weighted by Gasteiger charge is -2.17. The molecule has 8 heteroatoms. The topological polar surface area (TPSA) is 83.1 Å². The number of rotatable bonds is 11. The van der Waals surface area contributed by atoms with Crippen LogP contribution in [0, 0.1) is 0 Å². The first-order chi connectivity index (χ1) is 14.3. The molecule has 0 radical (unpaired) electrons. The second-order valence-corrected chi connectivity index (χ2v) is 8.37. The number of hydrogen-bond acceptors (Lipinski definition) is 7. The summed E-state index contributed by atoms with van der Waals surface area (Å²) in [6, 6.07) is 10.8. The van der Waals surface area contributed by atoms with Crippen LogP contribution in [0.15, 0.2) is 41.8 Å². The Morgan fingerprint density at radius 3 is 2.27 bits per heavy atom. The molecule has 0 bridgehead atoms. The number of ether oxygens (including phenoxy) is 4. The summed E-state index contributed by atoms with van der Waals surface area (Å²) in [7, 11) is -0.242. The summed E-state index contributed by atoms with van der Waals surface area (Å²) < 4.78 is 45.9. The lowest BCUT2D eigenvalue weighted by molar-refractivity contribution is 0.180. The van der Waals surface area contributed by atoms with E-state index in [1.807, 2.05) is 32.0 Å². The second kappa shape index (κ2) is 10.9. The van der Waals surface area contributed by atoms with Crippen molar-refractivity contribution in [3.8, 4) is 17.2 Å². The second-order valence-electron chi connectivity index (χ2n) is 6.47. The van der Waals surface area contributed by atoms with Gasteiger partial charge in [-0.2, -0.15) is 0 Å². The zero-order valence-electron chi connectivity index (χ0n) is 18.0. The molecule has 0 fully saturated rings. The zero-order valence-corrected chi connectivity index (χ0v) is 18.8. The molecule has 0 saturated heterocycles. The van der Waals surface area contributed by atoms with Crippen LogP contribution < -0.4 is 19.5 Å². The van der Waals surface area contributed by atoms with Crippen molar-refractivity contribution >= 4 is 21.2 Å². The van der Waals surface area contributed by atoms with Gasteiger partial charge in [-0.15, -0.1) is 0 Å². The van der Waals surface area contributed by atoms with Crippen LogP contribution in [0.5, 0.6) is 17.2 Å². The Balaban J connectivity index is 2.48. The molecule has 0 unspecified atom stereocenters. The third kappa shape index (κ3) is 6.67. The summed E-state index contributed by atoms with van der Waals surface area (Å²) in [5.74, 6) is 1.78. The van der Waals surface area contributed by atoms with Crippen molar-refractivity contribution in [3.05, 3.63) is 52.9 Å². The fourth-order valence-electron chi connectivity index (χ4n) is 2.85. The Hall–Kier alpha value is -2.71. The molecule has 0 saturated carbocycles. The molecule has 0 spiro atoms. The highest BCUT2D eigenvalue weighted by Gasteiger charge is 2.13. The van der Waals surface area contributed by atoms with E-state index in [0.29, 0.717) is 54.0 Å². The fraction of sp³-hybridized carbons (Fsp3) is 0.364. The van der Waals surface area contributed by atoms with Gasteiger partial charge in [0.1, 0.15) is 5.75 Å². The van der Waals surface area contributed by atoms with Gasteiger partial charge in [-0.25, -0.2) is 8.42 Å². The minimum atomic E-state index is -3.42. The van der Waals surface area contributed by atoms with Crippen LogP contribution in [-0.4, -0.2) is 42.1 Å². The van der Waals surface area contributed by atoms with E-state index in [2.05, 4.69) is 5.32 Å². The van der Waals surface area contributed by atoms with Crippen LogP contribution >= 0.6 is 0 Å². The van der Waals surface area contributed by atoms with Gasteiger partial charge in [0, 0.05) is 36.2 Å². The molecule has 30 heavy (non-hydrogen) atoms. The number of nitrogens with one attached hydrogen (secondary N) is 1. The van der Waals surface area contributed by atoms with E-state index in [0.717, 1.165) is 11.8 Å². The number of methoxy groups -OCH3 is 2. The predicted octanol–water partition coefficient (Wildman–Crippen LogP) is 4.09. The molecule has 0 aliphatic heterocycles. The van der Waals surface area contributed by atoms with Gasteiger partial charge in [-0.3, -0.25) is 0 Å². The third-order valence-electron chi connectivity index (χ3n) is 4.05. The predicted molar refractivity (Wildman–Crippen MR) is 119 cm³/mol. The maximum Gasteiger partial charge on any atom is 0.170 e. The summed E-state index contributed by atoms with van der Waals surface area (Å²) >= 11 is 0. The van der Waals surface area contributed by atoms with Gasteiger partial charge in [-0.1, -0.05) is 6.07 Å². The average Bonchev–Trinajstić information content (AvgIpc) is 2.69. The highest BCUT2D eigenvalue weighted by Crippen LogP contribution is 2.32. The van der Waals surface area contributed by atoms with Gasteiger partial charge in [0.05, 0.1) is 38.0 Å².